The van der Waals surface area contributed by atoms with Crippen LogP contribution in [0.4, 0.5) is 0 Å². The van der Waals surface area contributed by atoms with E-state index in [-0.39, 0.29) is 5.92 Å². The molecule has 7 nitrogen and oxygen atoms in total. The first-order valence-electron chi connectivity index (χ1n) is 6.41. The molecule has 1 aliphatic rings. The molecule has 0 bridgehead atoms. The van der Waals surface area contributed by atoms with Crippen LogP contribution in [-0.2, 0) is 17.9 Å². The van der Waals surface area contributed by atoms with Crippen molar-refractivity contribution in [3.8, 4) is 0 Å². The van der Waals surface area contributed by atoms with Crippen molar-refractivity contribution >= 4 is 5.97 Å². The van der Waals surface area contributed by atoms with Gasteiger partial charge < -0.3 is 5.11 Å². The molecule has 1 aliphatic heterocycles. The lowest BCUT2D eigenvalue weighted by molar-refractivity contribution is -0.143. The monoisotopic (exact) mass is 253 g/mol. The van der Waals surface area contributed by atoms with E-state index in [0.717, 1.165) is 31.9 Å². The van der Waals surface area contributed by atoms with Crippen LogP contribution in [0.3, 0.4) is 0 Å². The number of hydrogen-bond donors (Lipinski definition) is 1. The Labute approximate surface area is 106 Å². The summed E-state index contributed by atoms with van der Waals surface area (Å²) in [5.41, 5.74) is 0. The third kappa shape index (κ3) is 3.04. The van der Waals surface area contributed by atoms with Crippen molar-refractivity contribution in [1.29, 1.82) is 0 Å². The number of carboxylic acid groups (broad SMARTS) is 1. The van der Waals surface area contributed by atoms with Gasteiger partial charge in [-0.25, -0.2) is 4.68 Å². The molecule has 2 heterocycles. The predicted molar refractivity (Wildman–Crippen MR) is 63.7 cm³/mol. The van der Waals surface area contributed by atoms with Crippen molar-refractivity contribution in [3.05, 3.63) is 5.82 Å². The van der Waals surface area contributed by atoms with Crippen molar-refractivity contribution in [2.75, 3.05) is 13.1 Å². The Kier molecular flexibility index (Phi) is 4.24. The van der Waals surface area contributed by atoms with Gasteiger partial charge in [-0.2, -0.15) is 0 Å². The van der Waals surface area contributed by atoms with E-state index >= 15 is 0 Å². The highest BCUT2D eigenvalue weighted by Crippen LogP contribution is 2.18. The summed E-state index contributed by atoms with van der Waals surface area (Å²) in [7, 11) is 0. The van der Waals surface area contributed by atoms with E-state index in [1.54, 1.807) is 0 Å². The van der Waals surface area contributed by atoms with Gasteiger partial charge in [-0.3, -0.25) is 9.69 Å². The SMILES string of the molecule is CCCn1nnnc1CN1CCC(C(=O)O)CC1. The highest BCUT2D eigenvalue weighted by Gasteiger charge is 2.25. The number of aryl methyl sites for hydroxylation is 1. The molecule has 7 heteroatoms. The number of nitrogens with zero attached hydrogens (tertiary/aromatic N) is 5. The minimum Gasteiger partial charge on any atom is -0.481 e. The lowest BCUT2D eigenvalue weighted by Gasteiger charge is -2.29. The van der Waals surface area contributed by atoms with Gasteiger partial charge in [-0.15, -0.1) is 5.10 Å². The van der Waals surface area contributed by atoms with Crippen LogP contribution >= 0.6 is 0 Å². The standard InChI is InChI=1S/C11H19N5O2/c1-2-5-16-10(12-13-14-16)8-15-6-3-9(4-7-15)11(17)18/h9H,2-8H2,1H3,(H,17,18). The first-order valence-corrected chi connectivity index (χ1v) is 6.41. The van der Waals surface area contributed by atoms with E-state index in [9.17, 15) is 4.79 Å². The maximum atomic E-state index is 10.9. The van der Waals surface area contributed by atoms with Gasteiger partial charge >= 0.3 is 5.97 Å². The average molecular weight is 253 g/mol. The Balaban J connectivity index is 1.87. The van der Waals surface area contributed by atoms with E-state index in [0.29, 0.717) is 19.4 Å². The second-order valence-electron chi connectivity index (χ2n) is 4.71. The van der Waals surface area contributed by atoms with Gasteiger partial charge in [0, 0.05) is 6.54 Å². The van der Waals surface area contributed by atoms with Gasteiger partial charge in [0.25, 0.3) is 0 Å². The number of aliphatic carboxylic acids is 1. The van der Waals surface area contributed by atoms with Crippen LogP contribution in [0.25, 0.3) is 0 Å². The van der Waals surface area contributed by atoms with Gasteiger partial charge in [0.1, 0.15) is 0 Å². The first-order chi connectivity index (χ1) is 8.70. The van der Waals surface area contributed by atoms with Crippen LogP contribution in [0.1, 0.15) is 32.0 Å². The van der Waals surface area contributed by atoms with E-state index in [4.69, 9.17) is 5.11 Å². The molecule has 1 N–H and O–H groups in total. The van der Waals surface area contributed by atoms with Gasteiger partial charge in [0.2, 0.25) is 0 Å². The quantitative estimate of drug-likeness (QED) is 0.816. The molecule has 0 aromatic carbocycles. The number of likely N-dealkylation sites (tertiary alicyclic amines) is 1. The number of carboxylic acids is 1. The van der Waals surface area contributed by atoms with Crippen LogP contribution in [0, 0.1) is 5.92 Å². The number of hydrogen-bond acceptors (Lipinski definition) is 5. The summed E-state index contributed by atoms with van der Waals surface area (Å²) in [4.78, 5) is 13.1. The second-order valence-corrected chi connectivity index (χ2v) is 4.71. The number of piperidine rings is 1. The smallest absolute Gasteiger partial charge is 0.306 e. The molecule has 0 atom stereocenters. The normalized spacial score (nSPS) is 18.1. The number of tetrazole rings is 1. The van der Waals surface area contributed by atoms with Crippen molar-refractivity contribution in [1.82, 2.24) is 25.1 Å². The van der Waals surface area contributed by atoms with Crippen LogP contribution in [0.15, 0.2) is 0 Å². The molecular formula is C11H19N5O2. The van der Waals surface area contributed by atoms with Crippen LogP contribution < -0.4 is 0 Å². The fraction of sp³-hybridized carbons (Fsp3) is 0.818. The molecule has 100 valence electrons. The summed E-state index contributed by atoms with van der Waals surface area (Å²) in [5.74, 6) is 0.00368. The summed E-state index contributed by atoms with van der Waals surface area (Å²) in [6, 6.07) is 0. The summed E-state index contributed by atoms with van der Waals surface area (Å²) < 4.78 is 1.82. The van der Waals surface area contributed by atoms with Gasteiger partial charge in [0.15, 0.2) is 5.82 Å². The number of aromatic nitrogens is 4. The second kappa shape index (κ2) is 5.90. The largest absolute Gasteiger partial charge is 0.481 e. The van der Waals surface area contributed by atoms with Crippen LogP contribution in [0.2, 0.25) is 0 Å². The van der Waals surface area contributed by atoms with Gasteiger partial charge in [-0.05, 0) is 42.8 Å². The molecule has 0 saturated carbocycles. The molecule has 1 saturated heterocycles. The van der Waals surface area contributed by atoms with Gasteiger partial charge in [0.05, 0.1) is 12.5 Å². The molecule has 1 aromatic heterocycles. The Morgan fingerprint density at radius 2 is 2.17 bits per heavy atom. The molecule has 1 aromatic rings. The van der Waals surface area contributed by atoms with Crippen LogP contribution in [-0.4, -0.2) is 49.3 Å². The zero-order valence-electron chi connectivity index (χ0n) is 10.6. The molecule has 18 heavy (non-hydrogen) atoms. The minimum atomic E-state index is -0.675. The van der Waals surface area contributed by atoms with E-state index in [1.807, 2.05) is 4.68 Å². The zero-order valence-corrected chi connectivity index (χ0v) is 10.6. The van der Waals surface area contributed by atoms with Crippen molar-refractivity contribution in [2.45, 2.75) is 39.3 Å². The lowest BCUT2D eigenvalue weighted by Crippen LogP contribution is -2.36. The number of rotatable bonds is 5. The molecule has 0 unspecified atom stereocenters. The Morgan fingerprint density at radius 1 is 1.44 bits per heavy atom. The summed E-state index contributed by atoms with van der Waals surface area (Å²) in [6.07, 6.45) is 2.43. The van der Waals surface area contributed by atoms with E-state index in [1.165, 1.54) is 0 Å². The average Bonchev–Trinajstić information content (AvgIpc) is 2.78. The lowest BCUT2D eigenvalue weighted by atomic mass is 9.97. The van der Waals surface area contributed by atoms with Gasteiger partial charge in [-0.1, -0.05) is 6.92 Å². The molecule has 1 fully saturated rings. The highest BCUT2D eigenvalue weighted by atomic mass is 16.4. The third-order valence-corrected chi connectivity index (χ3v) is 3.34. The molecule has 0 aliphatic carbocycles. The van der Waals surface area contributed by atoms with E-state index < -0.39 is 5.97 Å². The third-order valence-electron chi connectivity index (χ3n) is 3.34. The Hall–Kier alpha value is -1.50. The predicted octanol–water partition coefficient (Wildman–Crippen LogP) is 0.380. The fourth-order valence-corrected chi connectivity index (χ4v) is 2.26. The summed E-state index contributed by atoms with van der Waals surface area (Å²) >= 11 is 0. The molecular weight excluding hydrogens is 234 g/mol. The summed E-state index contributed by atoms with van der Waals surface area (Å²) in [6.45, 7) is 5.23. The zero-order chi connectivity index (χ0) is 13.0. The first kappa shape index (κ1) is 12.9. The van der Waals surface area contributed by atoms with Crippen molar-refractivity contribution in [2.24, 2.45) is 5.92 Å². The topological polar surface area (TPSA) is 84.1 Å². The molecule has 0 spiro atoms. The Bertz CT molecular complexity index is 398. The van der Waals surface area contributed by atoms with Crippen molar-refractivity contribution in [3.63, 3.8) is 0 Å². The van der Waals surface area contributed by atoms with Crippen LogP contribution in [0.5, 0.6) is 0 Å². The molecule has 0 amide bonds. The maximum Gasteiger partial charge on any atom is 0.306 e. The molecule has 0 radical (unpaired) electrons. The maximum absolute atomic E-state index is 10.9. The summed E-state index contributed by atoms with van der Waals surface area (Å²) in [5, 5.41) is 20.6. The minimum absolute atomic E-state index is 0.187. The Morgan fingerprint density at radius 3 is 2.78 bits per heavy atom. The van der Waals surface area contributed by atoms with E-state index in [2.05, 4.69) is 27.3 Å². The molecule has 2 rings (SSSR count). The fourth-order valence-electron chi connectivity index (χ4n) is 2.26. The highest BCUT2D eigenvalue weighted by molar-refractivity contribution is 5.70. The number of carbonyl (C=O) groups is 1. The van der Waals surface area contributed by atoms with Crippen molar-refractivity contribution < 1.29 is 9.90 Å².